The maximum atomic E-state index is 12.2. The van der Waals surface area contributed by atoms with Crippen LogP contribution in [0.15, 0.2) is 24.3 Å². The van der Waals surface area contributed by atoms with Crippen LogP contribution in [-0.4, -0.2) is 50.2 Å². The van der Waals surface area contributed by atoms with E-state index in [1.807, 2.05) is 38.2 Å². The summed E-state index contributed by atoms with van der Waals surface area (Å²) in [5.74, 6) is 0.0578. The van der Waals surface area contributed by atoms with Gasteiger partial charge in [0.1, 0.15) is 0 Å². The number of nitrogens with zero attached hydrogens (tertiary/aromatic N) is 1. The van der Waals surface area contributed by atoms with Gasteiger partial charge in [-0.25, -0.2) is 0 Å². The standard InChI is InChI=1S/C14H20N2O2/c1-11-3-5-12(6-4-11)14(17)16(2)9-13-10-18-8-7-15-13/h3-6,13,15H,7-10H2,1-2H3. The molecule has 4 heteroatoms. The molecule has 2 rings (SSSR count). The van der Waals surface area contributed by atoms with E-state index >= 15 is 0 Å². The molecule has 1 amide bonds. The molecule has 1 N–H and O–H groups in total. The number of carbonyl (C=O) groups is 1. The van der Waals surface area contributed by atoms with Crippen LogP contribution in [0.25, 0.3) is 0 Å². The average Bonchev–Trinajstić information content (AvgIpc) is 2.40. The number of carbonyl (C=O) groups excluding carboxylic acids is 1. The molecule has 1 atom stereocenters. The topological polar surface area (TPSA) is 41.6 Å². The van der Waals surface area contributed by atoms with Crippen molar-refractivity contribution in [2.24, 2.45) is 0 Å². The summed E-state index contributed by atoms with van der Waals surface area (Å²) < 4.78 is 5.38. The Bertz CT molecular complexity index is 397. The van der Waals surface area contributed by atoms with Crippen molar-refractivity contribution in [1.82, 2.24) is 10.2 Å². The predicted octanol–water partition coefficient (Wildman–Crippen LogP) is 1.06. The van der Waals surface area contributed by atoms with Crippen LogP contribution >= 0.6 is 0 Å². The number of hydrogen-bond acceptors (Lipinski definition) is 3. The summed E-state index contributed by atoms with van der Waals surface area (Å²) in [7, 11) is 1.83. The lowest BCUT2D eigenvalue weighted by molar-refractivity contribution is 0.0565. The van der Waals surface area contributed by atoms with Crippen molar-refractivity contribution in [2.45, 2.75) is 13.0 Å². The normalized spacial score (nSPS) is 19.6. The molecule has 1 aliphatic heterocycles. The zero-order valence-electron chi connectivity index (χ0n) is 11.0. The predicted molar refractivity (Wildman–Crippen MR) is 70.7 cm³/mol. The van der Waals surface area contributed by atoms with Crippen LogP contribution in [0.1, 0.15) is 15.9 Å². The molecule has 0 aromatic heterocycles. The molecule has 4 nitrogen and oxygen atoms in total. The average molecular weight is 248 g/mol. The lowest BCUT2D eigenvalue weighted by Gasteiger charge is -2.28. The van der Waals surface area contributed by atoms with Gasteiger partial charge < -0.3 is 15.0 Å². The summed E-state index contributed by atoms with van der Waals surface area (Å²) in [4.78, 5) is 13.9. The molecule has 1 unspecified atom stereocenters. The molecule has 1 aromatic rings. The van der Waals surface area contributed by atoms with E-state index in [1.165, 1.54) is 0 Å². The van der Waals surface area contributed by atoms with Crippen LogP contribution in [0.5, 0.6) is 0 Å². The minimum Gasteiger partial charge on any atom is -0.378 e. The number of hydrogen-bond donors (Lipinski definition) is 1. The third-order valence-electron chi connectivity index (χ3n) is 3.14. The third-order valence-corrected chi connectivity index (χ3v) is 3.14. The summed E-state index contributed by atoms with van der Waals surface area (Å²) in [6, 6.07) is 7.91. The van der Waals surface area contributed by atoms with E-state index in [4.69, 9.17) is 4.74 Å². The number of ether oxygens (including phenoxy) is 1. The van der Waals surface area contributed by atoms with E-state index in [2.05, 4.69) is 5.32 Å². The molecule has 0 saturated carbocycles. The fraction of sp³-hybridized carbons (Fsp3) is 0.500. The van der Waals surface area contributed by atoms with Crippen LogP contribution in [0.3, 0.4) is 0 Å². The first-order chi connectivity index (χ1) is 8.66. The van der Waals surface area contributed by atoms with E-state index in [-0.39, 0.29) is 11.9 Å². The van der Waals surface area contributed by atoms with Crippen LogP contribution in [0.4, 0.5) is 0 Å². The fourth-order valence-electron chi connectivity index (χ4n) is 2.07. The van der Waals surface area contributed by atoms with Crippen LogP contribution in [0, 0.1) is 6.92 Å². The molecule has 0 aliphatic carbocycles. The zero-order chi connectivity index (χ0) is 13.0. The molecule has 1 fully saturated rings. The van der Waals surface area contributed by atoms with E-state index in [1.54, 1.807) is 4.90 Å². The molecule has 1 aliphatic rings. The summed E-state index contributed by atoms with van der Waals surface area (Å²) >= 11 is 0. The highest BCUT2D eigenvalue weighted by Gasteiger charge is 2.18. The highest BCUT2D eigenvalue weighted by Crippen LogP contribution is 2.07. The Kier molecular flexibility index (Phi) is 4.33. The monoisotopic (exact) mass is 248 g/mol. The first-order valence-electron chi connectivity index (χ1n) is 6.30. The van der Waals surface area contributed by atoms with Gasteiger partial charge in [0.25, 0.3) is 5.91 Å². The third kappa shape index (κ3) is 3.31. The van der Waals surface area contributed by atoms with Gasteiger partial charge >= 0.3 is 0 Å². The minimum absolute atomic E-state index is 0.0578. The van der Waals surface area contributed by atoms with Crippen LogP contribution in [-0.2, 0) is 4.74 Å². The number of aryl methyl sites for hydroxylation is 1. The van der Waals surface area contributed by atoms with Gasteiger partial charge in [0.2, 0.25) is 0 Å². The van der Waals surface area contributed by atoms with E-state index < -0.39 is 0 Å². The summed E-state index contributed by atoms with van der Waals surface area (Å²) in [5, 5.41) is 3.35. The number of rotatable bonds is 3. The van der Waals surface area contributed by atoms with Crippen molar-refractivity contribution in [3.63, 3.8) is 0 Å². The van der Waals surface area contributed by atoms with E-state index in [0.29, 0.717) is 13.2 Å². The van der Waals surface area contributed by atoms with Crippen molar-refractivity contribution in [3.05, 3.63) is 35.4 Å². The highest BCUT2D eigenvalue weighted by atomic mass is 16.5. The van der Waals surface area contributed by atoms with Gasteiger partial charge in [0.15, 0.2) is 0 Å². The maximum absolute atomic E-state index is 12.2. The van der Waals surface area contributed by atoms with Crippen molar-refractivity contribution < 1.29 is 9.53 Å². The lowest BCUT2D eigenvalue weighted by atomic mass is 10.1. The Morgan fingerprint density at radius 2 is 2.17 bits per heavy atom. The smallest absolute Gasteiger partial charge is 0.253 e. The molecule has 1 aromatic carbocycles. The van der Waals surface area contributed by atoms with E-state index in [9.17, 15) is 4.79 Å². The minimum atomic E-state index is 0.0578. The maximum Gasteiger partial charge on any atom is 0.253 e. The summed E-state index contributed by atoms with van der Waals surface area (Å²) in [5.41, 5.74) is 1.90. The second-order valence-electron chi connectivity index (χ2n) is 4.78. The van der Waals surface area contributed by atoms with Gasteiger partial charge in [-0.2, -0.15) is 0 Å². The van der Waals surface area contributed by atoms with E-state index in [0.717, 1.165) is 24.3 Å². The van der Waals surface area contributed by atoms with Crippen molar-refractivity contribution in [1.29, 1.82) is 0 Å². The van der Waals surface area contributed by atoms with Gasteiger partial charge in [-0.3, -0.25) is 4.79 Å². The Labute approximate surface area is 108 Å². The Hall–Kier alpha value is -1.39. The van der Waals surface area contributed by atoms with Gasteiger partial charge in [-0.1, -0.05) is 17.7 Å². The number of benzene rings is 1. The quantitative estimate of drug-likeness (QED) is 0.869. The first-order valence-corrected chi connectivity index (χ1v) is 6.30. The summed E-state index contributed by atoms with van der Waals surface area (Å²) in [6.07, 6.45) is 0. The number of morpholine rings is 1. The van der Waals surface area contributed by atoms with Crippen molar-refractivity contribution in [3.8, 4) is 0 Å². The number of amides is 1. The Morgan fingerprint density at radius 3 is 2.78 bits per heavy atom. The van der Waals surface area contributed by atoms with Crippen LogP contribution in [0.2, 0.25) is 0 Å². The molecule has 0 radical (unpaired) electrons. The van der Waals surface area contributed by atoms with Gasteiger partial charge in [0.05, 0.1) is 13.2 Å². The molecule has 98 valence electrons. The number of likely N-dealkylation sites (N-methyl/N-ethyl adjacent to an activating group) is 1. The van der Waals surface area contributed by atoms with Crippen LogP contribution < -0.4 is 5.32 Å². The molecule has 0 bridgehead atoms. The molecular weight excluding hydrogens is 228 g/mol. The highest BCUT2D eigenvalue weighted by molar-refractivity contribution is 5.94. The first kappa shape index (κ1) is 13.1. The van der Waals surface area contributed by atoms with Crippen molar-refractivity contribution >= 4 is 5.91 Å². The largest absolute Gasteiger partial charge is 0.378 e. The second kappa shape index (κ2) is 5.98. The van der Waals surface area contributed by atoms with Gasteiger partial charge in [-0.15, -0.1) is 0 Å². The summed E-state index contributed by atoms with van der Waals surface area (Å²) in [6.45, 7) is 4.98. The zero-order valence-corrected chi connectivity index (χ0v) is 11.0. The molecule has 0 spiro atoms. The molecule has 1 heterocycles. The SMILES string of the molecule is Cc1ccc(C(=O)N(C)CC2COCCN2)cc1. The molecular formula is C14H20N2O2. The molecule has 1 saturated heterocycles. The second-order valence-corrected chi connectivity index (χ2v) is 4.78. The number of nitrogens with one attached hydrogen (secondary N) is 1. The van der Waals surface area contributed by atoms with Gasteiger partial charge in [-0.05, 0) is 19.1 Å². The molecule has 18 heavy (non-hydrogen) atoms. The fourth-order valence-corrected chi connectivity index (χ4v) is 2.07. The van der Waals surface area contributed by atoms with Gasteiger partial charge in [0, 0.05) is 31.7 Å². The Morgan fingerprint density at radius 1 is 1.44 bits per heavy atom. The lowest BCUT2D eigenvalue weighted by Crippen LogP contribution is -2.48. The Balaban J connectivity index is 1.93. The van der Waals surface area contributed by atoms with Crippen molar-refractivity contribution in [2.75, 3.05) is 33.4 Å².